The molecule has 0 atom stereocenters. The molecule has 0 amide bonds. The first-order valence-electron chi connectivity index (χ1n) is 23.3. The van der Waals surface area contributed by atoms with Crippen LogP contribution in [0.2, 0.25) is 0 Å². The summed E-state index contributed by atoms with van der Waals surface area (Å²) in [6, 6.07) is 63.4. The number of aromatic nitrogens is 2. The first kappa shape index (κ1) is 52.7. The third-order valence-electron chi connectivity index (χ3n) is 10.8. The van der Waals surface area contributed by atoms with Gasteiger partial charge in [0.1, 0.15) is 11.5 Å². The van der Waals surface area contributed by atoms with E-state index >= 15 is 0 Å². The largest absolute Gasteiger partial charge is 0.423 e. The summed E-state index contributed by atoms with van der Waals surface area (Å²) in [7, 11) is 0. The molecule has 0 saturated carbocycles. The monoisotopic (exact) mass is 924 g/mol. The molecule has 0 radical (unpaired) electrons. The van der Waals surface area contributed by atoms with Gasteiger partial charge in [0.15, 0.2) is 5.82 Å². The van der Waals surface area contributed by atoms with Crippen LogP contribution in [0, 0.1) is 69.2 Å². The molecular weight excluding hydrogens is 861 g/mol. The quantitative estimate of drug-likeness (QED) is 0.122. The molecule has 1 heterocycles. The van der Waals surface area contributed by atoms with Crippen molar-refractivity contribution in [3.05, 3.63) is 273 Å². The van der Waals surface area contributed by atoms with Crippen LogP contribution in [-0.4, -0.2) is 21.9 Å². The van der Waals surface area contributed by atoms with Crippen LogP contribution >= 0.6 is 0 Å². The van der Waals surface area contributed by atoms with Gasteiger partial charge in [-0.1, -0.05) is 196 Å². The van der Waals surface area contributed by atoms with Crippen LogP contribution in [-0.2, 0) is 0 Å². The molecule has 0 unspecified atom stereocenters. The van der Waals surface area contributed by atoms with Crippen molar-refractivity contribution in [2.75, 3.05) is 0 Å². The Balaban J connectivity index is 0.000000166. The van der Waals surface area contributed by atoms with Gasteiger partial charge in [-0.15, -0.1) is 0 Å². The number of carbonyl (C=O) groups excluding carboxylic acids is 2. The second-order valence-electron chi connectivity index (χ2n) is 17.5. The summed E-state index contributed by atoms with van der Waals surface area (Å²) >= 11 is 0. The van der Waals surface area contributed by atoms with Crippen molar-refractivity contribution in [1.82, 2.24) is 9.97 Å². The molecule has 0 spiro atoms. The van der Waals surface area contributed by atoms with Crippen LogP contribution in [0.4, 0.5) is 0 Å². The molecule has 0 aliphatic rings. The van der Waals surface area contributed by atoms with Crippen LogP contribution in [0.3, 0.4) is 0 Å². The smallest absolute Gasteiger partial charge is 0.343 e. The molecule has 0 fully saturated rings. The van der Waals surface area contributed by atoms with E-state index < -0.39 is 0 Å². The molecular formula is C64H64N2O4. The SMILES string of the molecule is Cc1ccc(-c2ccc(C)cc2)cc1.Cc1ccc(-c2ncc(C)cn2)cc1.Cc1ccc(C)cc1.Cc1ccc(OC(=O)c2ccc(C)cc2)cc1.Cc1ccc(OC(=O)c2ccc(C)cc2)cc1. The van der Waals surface area contributed by atoms with E-state index in [0.717, 1.165) is 39.2 Å². The Bertz CT molecular complexity index is 2670. The van der Waals surface area contributed by atoms with Crippen LogP contribution < -0.4 is 9.47 Å². The summed E-state index contributed by atoms with van der Waals surface area (Å²) < 4.78 is 10.5. The Hall–Kier alpha value is -8.22. The van der Waals surface area contributed by atoms with E-state index in [2.05, 4.69) is 130 Å². The minimum absolute atomic E-state index is 0.325. The fourth-order valence-corrected chi connectivity index (χ4v) is 6.30. The van der Waals surface area contributed by atoms with Crippen molar-refractivity contribution < 1.29 is 19.1 Å². The van der Waals surface area contributed by atoms with Gasteiger partial charge in [-0.25, -0.2) is 19.6 Å². The van der Waals surface area contributed by atoms with E-state index in [1.165, 1.54) is 38.9 Å². The van der Waals surface area contributed by atoms with Gasteiger partial charge in [0.05, 0.1) is 11.1 Å². The van der Waals surface area contributed by atoms with Gasteiger partial charge in [-0.2, -0.15) is 0 Å². The summed E-state index contributed by atoms with van der Waals surface area (Å²) in [5.41, 5.74) is 16.9. The molecule has 9 aromatic rings. The zero-order valence-electron chi connectivity index (χ0n) is 42.2. The zero-order valence-corrected chi connectivity index (χ0v) is 42.2. The average molecular weight is 925 g/mol. The fourth-order valence-electron chi connectivity index (χ4n) is 6.30. The van der Waals surface area contributed by atoms with Gasteiger partial charge in [0.2, 0.25) is 0 Å². The third-order valence-corrected chi connectivity index (χ3v) is 10.8. The highest BCUT2D eigenvalue weighted by atomic mass is 16.5. The first-order valence-corrected chi connectivity index (χ1v) is 23.3. The lowest BCUT2D eigenvalue weighted by atomic mass is 10.0. The third kappa shape index (κ3) is 18.5. The number of carbonyl (C=O) groups is 2. The van der Waals surface area contributed by atoms with Crippen molar-refractivity contribution in [1.29, 1.82) is 0 Å². The fraction of sp³-hybridized carbons (Fsp3) is 0.156. The van der Waals surface area contributed by atoms with Gasteiger partial charge in [0.25, 0.3) is 0 Å². The van der Waals surface area contributed by atoms with Crippen molar-refractivity contribution in [2.24, 2.45) is 0 Å². The van der Waals surface area contributed by atoms with E-state index in [1.54, 1.807) is 48.5 Å². The topological polar surface area (TPSA) is 78.4 Å². The number of nitrogens with zero attached hydrogens (tertiary/aromatic N) is 2. The molecule has 1 aromatic heterocycles. The summed E-state index contributed by atoms with van der Waals surface area (Å²) in [4.78, 5) is 32.1. The van der Waals surface area contributed by atoms with Gasteiger partial charge in [-0.05, 0) is 134 Å². The molecule has 70 heavy (non-hydrogen) atoms. The predicted molar refractivity (Wildman–Crippen MR) is 289 cm³/mol. The van der Waals surface area contributed by atoms with Gasteiger partial charge >= 0.3 is 11.9 Å². The highest BCUT2D eigenvalue weighted by molar-refractivity contribution is 5.91. The van der Waals surface area contributed by atoms with Crippen molar-refractivity contribution in [3.63, 3.8) is 0 Å². The number of benzene rings is 8. The second-order valence-corrected chi connectivity index (χ2v) is 17.5. The number of ether oxygens (including phenoxy) is 2. The highest BCUT2D eigenvalue weighted by Gasteiger charge is 2.09. The minimum atomic E-state index is -0.325. The van der Waals surface area contributed by atoms with E-state index in [9.17, 15) is 9.59 Å². The number of esters is 2. The molecule has 9 rings (SSSR count). The lowest BCUT2D eigenvalue weighted by Crippen LogP contribution is -2.08. The van der Waals surface area contributed by atoms with E-state index in [1.807, 2.05) is 108 Å². The van der Waals surface area contributed by atoms with Gasteiger partial charge in [-0.3, -0.25) is 0 Å². The Morgan fingerprint density at radius 3 is 0.757 bits per heavy atom. The van der Waals surface area contributed by atoms with Gasteiger partial charge < -0.3 is 9.47 Å². The van der Waals surface area contributed by atoms with Crippen molar-refractivity contribution >= 4 is 11.9 Å². The van der Waals surface area contributed by atoms with E-state index in [4.69, 9.17) is 9.47 Å². The van der Waals surface area contributed by atoms with Gasteiger partial charge in [0, 0.05) is 18.0 Å². The molecule has 0 aliphatic heterocycles. The van der Waals surface area contributed by atoms with Crippen molar-refractivity contribution in [3.8, 4) is 34.0 Å². The molecule has 6 heteroatoms. The molecule has 6 nitrogen and oxygen atoms in total. The molecule has 354 valence electrons. The lowest BCUT2D eigenvalue weighted by molar-refractivity contribution is 0.0725. The van der Waals surface area contributed by atoms with Crippen LogP contribution in [0.25, 0.3) is 22.5 Å². The number of aryl methyl sites for hydroxylation is 10. The maximum atomic E-state index is 11.8. The van der Waals surface area contributed by atoms with Crippen molar-refractivity contribution in [2.45, 2.75) is 69.2 Å². The number of hydrogen-bond donors (Lipinski definition) is 0. The van der Waals surface area contributed by atoms with E-state index in [0.29, 0.717) is 22.6 Å². The molecule has 8 aromatic carbocycles. The summed E-state index contributed by atoms with van der Waals surface area (Å²) in [6.45, 7) is 20.4. The molecule has 0 aliphatic carbocycles. The standard InChI is InChI=1S/2C15H14O2.C14H14.C12H12N2.C8H10/c2*1-11-3-7-13(8-4-11)15(16)17-14-9-5-12(2)6-10-14;1-11-3-7-13(8-4-11)14-9-5-12(2)6-10-14;1-9-3-5-11(6-4-9)12-13-7-10(2)8-14-12;1-7-3-5-8(2)6-4-7/h2*3-10H,1-2H3;3-10H,1-2H3;3-8H,1-2H3;3-6H,1-2H3. The van der Waals surface area contributed by atoms with Crippen LogP contribution in [0.5, 0.6) is 11.5 Å². The van der Waals surface area contributed by atoms with Crippen LogP contribution in [0.15, 0.2) is 207 Å². The summed E-state index contributed by atoms with van der Waals surface area (Å²) in [5.74, 6) is 1.28. The zero-order chi connectivity index (χ0) is 50.4. The number of rotatable bonds is 6. The highest BCUT2D eigenvalue weighted by Crippen LogP contribution is 2.21. The maximum absolute atomic E-state index is 11.8. The Morgan fingerprint density at radius 1 is 0.271 bits per heavy atom. The second kappa shape index (κ2) is 26.9. The Labute approximate surface area is 415 Å². The first-order chi connectivity index (χ1) is 33.6. The normalized spacial score (nSPS) is 9.97. The van der Waals surface area contributed by atoms with Crippen LogP contribution in [0.1, 0.15) is 76.4 Å². The average Bonchev–Trinajstić information content (AvgIpc) is 3.36. The van der Waals surface area contributed by atoms with E-state index in [-0.39, 0.29) is 11.9 Å². The Morgan fingerprint density at radius 2 is 0.486 bits per heavy atom. The molecule has 0 bridgehead atoms. The Kier molecular flexibility index (Phi) is 20.3. The predicted octanol–water partition coefficient (Wildman–Crippen LogP) is 16.1. The molecule has 0 saturated heterocycles. The molecule has 0 N–H and O–H groups in total. The maximum Gasteiger partial charge on any atom is 0.343 e. The summed E-state index contributed by atoms with van der Waals surface area (Å²) in [6.07, 6.45) is 3.67. The summed E-state index contributed by atoms with van der Waals surface area (Å²) in [5, 5.41) is 0. The minimum Gasteiger partial charge on any atom is -0.423 e. The number of hydrogen-bond acceptors (Lipinski definition) is 6. The lowest BCUT2D eigenvalue weighted by Gasteiger charge is -2.04.